The van der Waals surface area contributed by atoms with Crippen molar-refractivity contribution in [3.8, 4) is 17.1 Å². The Labute approximate surface area is 93.3 Å². The largest absolute Gasteiger partial charge is 0.494 e. The Morgan fingerprint density at radius 1 is 1.19 bits per heavy atom. The lowest BCUT2D eigenvalue weighted by molar-refractivity contribution is 0.410. The molecule has 0 aliphatic carbocycles. The molecule has 0 fully saturated rings. The van der Waals surface area contributed by atoms with Crippen LogP contribution in [0.4, 0.5) is 5.82 Å². The average Bonchev–Trinajstić information content (AvgIpc) is 2.28. The number of methoxy groups -OCH3 is 1. The predicted octanol–water partition coefficient (Wildman–Crippen LogP) is 1.44. The summed E-state index contributed by atoms with van der Waals surface area (Å²) in [5.41, 5.74) is 7.21. The molecule has 16 heavy (non-hydrogen) atoms. The molecule has 2 aromatic heterocycles. The molecule has 82 valence electrons. The van der Waals surface area contributed by atoms with E-state index in [1.54, 1.807) is 31.6 Å². The first-order valence-electron chi connectivity index (χ1n) is 4.81. The van der Waals surface area contributed by atoms with E-state index in [2.05, 4.69) is 15.0 Å². The van der Waals surface area contributed by atoms with Gasteiger partial charge in [-0.15, -0.1) is 0 Å². The Kier molecular flexibility index (Phi) is 2.68. The molecule has 0 atom stereocenters. The molecule has 5 nitrogen and oxygen atoms in total. The van der Waals surface area contributed by atoms with Crippen LogP contribution >= 0.6 is 0 Å². The van der Waals surface area contributed by atoms with Gasteiger partial charge in [0.1, 0.15) is 5.82 Å². The molecule has 0 aliphatic rings. The number of nitrogen functional groups attached to an aromatic ring is 1. The molecular weight excluding hydrogens is 204 g/mol. The molecule has 0 saturated carbocycles. The first kappa shape index (κ1) is 10.4. The molecule has 2 aromatic rings. The van der Waals surface area contributed by atoms with E-state index in [9.17, 15) is 0 Å². The van der Waals surface area contributed by atoms with Gasteiger partial charge in [-0.1, -0.05) is 0 Å². The fourth-order valence-corrected chi connectivity index (χ4v) is 1.49. The number of hydrogen-bond donors (Lipinski definition) is 1. The van der Waals surface area contributed by atoms with Gasteiger partial charge >= 0.3 is 0 Å². The highest BCUT2D eigenvalue weighted by molar-refractivity contribution is 5.65. The smallest absolute Gasteiger partial charge is 0.165 e. The van der Waals surface area contributed by atoms with Crippen LogP contribution in [0.5, 0.6) is 5.75 Å². The fourth-order valence-electron chi connectivity index (χ4n) is 1.49. The van der Waals surface area contributed by atoms with Crippen molar-refractivity contribution in [2.75, 3.05) is 12.8 Å². The Morgan fingerprint density at radius 3 is 2.62 bits per heavy atom. The normalized spacial score (nSPS) is 10.1. The Hall–Kier alpha value is -2.17. The lowest BCUT2D eigenvalue weighted by Crippen LogP contribution is -1.98. The second kappa shape index (κ2) is 4.14. The molecule has 0 aromatic carbocycles. The molecule has 0 unspecified atom stereocenters. The number of ether oxygens (including phenoxy) is 1. The number of hydrogen-bond acceptors (Lipinski definition) is 5. The number of nitrogens with two attached hydrogens (primary N) is 1. The molecule has 0 saturated heterocycles. The van der Waals surface area contributed by atoms with Gasteiger partial charge < -0.3 is 10.5 Å². The van der Waals surface area contributed by atoms with E-state index in [-0.39, 0.29) is 0 Å². The topological polar surface area (TPSA) is 73.9 Å². The second-order valence-electron chi connectivity index (χ2n) is 3.28. The van der Waals surface area contributed by atoms with Gasteiger partial charge in [0.2, 0.25) is 0 Å². The Balaban J connectivity index is 2.60. The van der Waals surface area contributed by atoms with Crippen LogP contribution < -0.4 is 10.5 Å². The van der Waals surface area contributed by atoms with Crippen LogP contribution in [0.15, 0.2) is 24.5 Å². The summed E-state index contributed by atoms with van der Waals surface area (Å²) in [7, 11) is 1.60. The molecule has 2 rings (SSSR count). The number of rotatable bonds is 2. The molecule has 2 heterocycles. The van der Waals surface area contributed by atoms with E-state index in [4.69, 9.17) is 10.5 Å². The van der Waals surface area contributed by atoms with Crippen molar-refractivity contribution >= 4 is 5.82 Å². The molecule has 0 aliphatic heterocycles. The highest BCUT2D eigenvalue weighted by atomic mass is 16.5. The summed E-state index contributed by atoms with van der Waals surface area (Å²) < 4.78 is 5.29. The first-order chi connectivity index (χ1) is 7.72. The molecule has 5 heteroatoms. The third-order valence-corrected chi connectivity index (χ3v) is 2.20. The van der Waals surface area contributed by atoms with Crippen molar-refractivity contribution in [3.63, 3.8) is 0 Å². The van der Waals surface area contributed by atoms with Crippen LogP contribution in [0, 0.1) is 6.92 Å². The van der Waals surface area contributed by atoms with Gasteiger partial charge in [-0.3, -0.25) is 4.98 Å². The van der Waals surface area contributed by atoms with Crippen molar-refractivity contribution in [1.82, 2.24) is 15.0 Å². The predicted molar refractivity (Wildman–Crippen MR) is 61.0 cm³/mol. The van der Waals surface area contributed by atoms with Gasteiger partial charge in [-0.2, -0.15) is 0 Å². The molecular formula is C11H12N4O. The van der Waals surface area contributed by atoms with Crippen LogP contribution in [0.1, 0.15) is 5.69 Å². The number of aromatic nitrogens is 3. The maximum atomic E-state index is 5.62. The maximum Gasteiger partial charge on any atom is 0.165 e. The third kappa shape index (κ3) is 1.79. The number of aryl methyl sites for hydroxylation is 1. The lowest BCUT2D eigenvalue weighted by Gasteiger charge is -2.09. The summed E-state index contributed by atoms with van der Waals surface area (Å²) in [6.07, 6.45) is 3.31. The van der Waals surface area contributed by atoms with Crippen LogP contribution in [0.3, 0.4) is 0 Å². The Morgan fingerprint density at radius 2 is 1.94 bits per heavy atom. The molecule has 0 amide bonds. The van der Waals surface area contributed by atoms with Crippen LogP contribution in [0.25, 0.3) is 11.4 Å². The number of nitrogens with zero attached hydrogens (tertiary/aromatic N) is 3. The molecule has 0 spiro atoms. The number of anilines is 1. The average molecular weight is 216 g/mol. The van der Waals surface area contributed by atoms with Gasteiger partial charge in [0.25, 0.3) is 0 Å². The minimum absolute atomic E-state index is 0.432. The van der Waals surface area contributed by atoms with Crippen LogP contribution in [-0.2, 0) is 0 Å². The van der Waals surface area contributed by atoms with Crippen molar-refractivity contribution in [2.45, 2.75) is 6.92 Å². The van der Waals surface area contributed by atoms with E-state index >= 15 is 0 Å². The molecule has 2 N–H and O–H groups in total. The third-order valence-electron chi connectivity index (χ3n) is 2.20. The van der Waals surface area contributed by atoms with E-state index in [0.717, 1.165) is 11.3 Å². The van der Waals surface area contributed by atoms with Crippen molar-refractivity contribution in [1.29, 1.82) is 0 Å². The van der Waals surface area contributed by atoms with Gasteiger partial charge in [0, 0.05) is 12.4 Å². The standard InChI is InChI=1S/C11H12N4O/c1-7-10(16-2)8(3-5-13-7)11-14-6-4-9(12)15-11/h3-6H,1-2H3,(H2,12,14,15). The monoisotopic (exact) mass is 216 g/mol. The summed E-state index contributed by atoms with van der Waals surface area (Å²) >= 11 is 0. The second-order valence-corrected chi connectivity index (χ2v) is 3.28. The SMILES string of the molecule is COc1c(-c2nccc(N)n2)ccnc1C. The van der Waals surface area contributed by atoms with E-state index in [1.165, 1.54) is 0 Å². The highest BCUT2D eigenvalue weighted by Crippen LogP contribution is 2.28. The van der Waals surface area contributed by atoms with E-state index < -0.39 is 0 Å². The van der Waals surface area contributed by atoms with Gasteiger partial charge in [0.15, 0.2) is 11.6 Å². The summed E-state index contributed by atoms with van der Waals surface area (Å²) in [6, 6.07) is 3.45. The summed E-state index contributed by atoms with van der Waals surface area (Å²) in [5, 5.41) is 0. The van der Waals surface area contributed by atoms with Crippen LogP contribution in [-0.4, -0.2) is 22.1 Å². The van der Waals surface area contributed by atoms with Gasteiger partial charge in [-0.25, -0.2) is 9.97 Å². The van der Waals surface area contributed by atoms with Crippen LogP contribution in [0.2, 0.25) is 0 Å². The van der Waals surface area contributed by atoms with E-state index in [1.807, 2.05) is 6.92 Å². The van der Waals surface area contributed by atoms with Crippen molar-refractivity contribution < 1.29 is 4.74 Å². The van der Waals surface area contributed by atoms with E-state index in [0.29, 0.717) is 17.4 Å². The number of pyridine rings is 1. The lowest BCUT2D eigenvalue weighted by atomic mass is 10.2. The van der Waals surface area contributed by atoms with Gasteiger partial charge in [-0.05, 0) is 19.1 Å². The van der Waals surface area contributed by atoms with Crippen molar-refractivity contribution in [3.05, 3.63) is 30.2 Å². The zero-order valence-electron chi connectivity index (χ0n) is 9.14. The quantitative estimate of drug-likeness (QED) is 0.822. The maximum absolute atomic E-state index is 5.62. The zero-order valence-corrected chi connectivity index (χ0v) is 9.14. The van der Waals surface area contributed by atoms with Crippen molar-refractivity contribution in [2.24, 2.45) is 0 Å². The summed E-state index contributed by atoms with van der Waals surface area (Å²) in [4.78, 5) is 12.5. The zero-order chi connectivity index (χ0) is 11.5. The first-order valence-corrected chi connectivity index (χ1v) is 4.81. The minimum Gasteiger partial charge on any atom is -0.494 e. The van der Waals surface area contributed by atoms with Gasteiger partial charge in [0.05, 0.1) is 18.4 Å². The summed E-state index contributed by atoms with van der Waals surface area (Å²) in [5.74, 6) is 1.65. The fraction of sp³-hybridized carbons (Fsp3) is 0.182. The summed E-state index contributed by atoms with van der Waals surface area (Å²) in [6.45, 7) is 1.87. The minimum atomic E-state index is 0.432. The highest BCUT2D eigenvalue weighted by Gasteiger charge is 2.11. The molecule has 0 bridgehead atoms. The Bertz CT molecular complexity index is 513. The molecule has 0 radical (unpaired) electrons.